The quantitative estimate of drug-likeness (QED) is 0.354. The van der Waals surface area contributed by atoms with E-state index in [1.165, 1.54) is 5.56 Å². The molecule has 0 bridgehead atoms. The predicted octanol–water partition coefficient (Wildman–Crippen LogP) is 2.32. The highest BCUT2D eigenvalue weighted by Gasteiger charge is 2.10. The Morgan fingerprint density at radius 2 is 1.78 bits per heavy atom. The Kier molecular flexibility index (Phi) is 11.2. The maximum atomic E-state index is 11.8. The van der Waals surface area contributed by atoms with Crippen LogP contribution >= 0.6 is 0 Å². The Hall–Kier alpha value is -2.08. The second kappa shape index (κ2) is 13.1. The highest BCUT2D eigenvalue weighted by Crippen LogP contribution is 2.07. The van der Waals surface area contributed by atoms with Gasteiger partial charge >= 0.3 is 0 Å². The number of rotatable bonds is 11. The molecule has 1 aromatic carbocycles. The van der Waals surface area contributed by atoms with Gasteiger partial charge in [-0.3, -0.25) is 9.69 Å². The first-order valence-electron chi connectivity index (χ1n) is 9.90. The number of hydrogen-bond acceptors (Lipinski definition) is 3. The number of nitrogens with one attached hydrogen (secondary N) is 2. The minimum absolute atomic E-state index is 0.00236. The van der Waals surface area contributed by atoms with Gasteiger partial charge < -0.3 is 15.5 Å². The fraction of sp³-hybridized carbons (Fsp3) is 0.619. The lowest BCUT2D eigenvalue weighted by molar-refractivity contribution is -0.127. The van der Waals surface area contributed by atoms with Crippen molar-refractivity contribution >= 4 is 11.9 Å². The van der Waals surface area contributed by atoms with Crippen molar-refractivity contribution < 1.29 is 4.79 Å². The largest absolute Gasteiger partial charge is 0.356 e. The molecule has 6 nitrogen and oxygen atoms in total. The zero-order valence-corrected chi connectivity index (χ0v) is 17.7. The lowest BCUT2D eigenvalue weighted by Crippen LogP contribution is -2.41. The van der Waals surface area contributed by atoms with Crippen LogP contribution in [0.25, 0.3) is 0 Å². The maximum absolute atomic E-state index is 11.8. The molecule has 2 N–H and O–H groups in total. The second-order valence-electron chi connectivity index (χ2n) is 7.20. The van der Waals surface area contributed by atoms with E-state index in [0.29, 0.717) is 6.04 Å². The summed E-state index contributed by atoms with van der Waals surface area (Å²) in [5, 5.41) is 6.68. The van der Waals surface area contributed by atoms with Crippen molar-refractivity contribution in [3.8, 4) is 0 Å². The summed E-state index contributed by atoms with van der Waals surface area (Å²) in [5.41, 5.74) is 1.32. The molecule has 0 aliphatic carbocycles. The minimum atomic E-state index is 0.00236. The van der Waals surface area contributed by atoms with E-state index in [-0.39, 0.29) is 12.5 Å². The molecule has 0 aliphatic rings. The van der Waals surface area contributed by atoms with Crippen LogP contribution in [0, 0.1) is 0 Å². The van der Waals surface area contributed by atoms with Crippen LogP contribution in [-0.4, -0.2) is 68.5 Å². The molecular formula is C21H37N5O. The van der Waals surface area contributed by atoms with Crippen molar-refractivity contribution in [3.63, 3.8) is 0 Å². The van der Waals surface area contributed by atoms with Crippen LogP contribution in [0.3, 0.4) is 0 Å². The third kappa shape index (κ3) is 9.99. The van der Waals surface area contributed by atoms with Gasteiger partial charge in [0.15, 0.2) is 5.96 Å². The third-order valence-corrected chi connectivity index (χ3v) is 4.58. The van der Waals surface area contributed by atoms with Gasteiger partial charge in [-0.2, -0.15) is 0 Å². The highest BCUT2D eigenvalue weighted by atomic mass is 16.2. The number of aliphatic imine (C=N–C) groups is 1. The van der Waals surface area contributed by atoms with Gasteiger partial charge in [0.2, 0.25) is 5.91 Å². The molecule has 1 unspecified atom stereocenters. The number of carbonyl (C=O) groups excluding carboxylic acids is 1. The summed E-state index contributed by atoms with van der Waals surface area (Å²) < 4.78 is 0. The van der Waals surface area contributed by atoms with Crippen LogP contribution in [0.1, 0.15) is 38.7 Å². The lowest BCUT2D eigenvalue weighted by atomic mass is 10.1. The number of benzene rings is 1. The number of hydrogen-bond donors (Lipinski definition) is 2. The van der Waals surface area contributed by atoms with Gasteiger partial charge in [-0.1, -0.05) is 43.7 Å². The first-order chi connectivity index (χ1) is 12.9. The molecular weight excluding hydrogens is 338 g/mol. The first-order valence-corrected chi connectivity index (χ1v) is 9.90. The van der Waals surface area contributed by atoms with Gasteiger partial charge in [-0.15, -0.1) is 0 Å². The van der Waals surface area contributed by atoms with Crippen molar-refractivity contribution in [3.05, 3.63) is 35.9 Å². The van der Waals surface area contributed by atoms with Crippen LogP contribution in [0.4, 0.5) is 0 Å². The van der Waals surface area contributed by atoms with Crippen LogP contribution in [0.15, 0.2) is 35.3 Å². The van der Waals surface area contributed by atoms with E-state index in [2.05, 4.69) is 65.7 Å². The maximum Gasteiger partial charge on any atom is 0.243 e. The van der Waals surface area contributed by atoms with Crippen LogP contribution < -0.4 is 10.6 Å². The highest BCUT2D eigenvalue weighted by molar-refractivity contribution is 5.84. The molecule has 0 saturated heterocycles. The Labute approximate surface area is 165 Å². The zero-order chi connectivity index (χ0) is 20.1. The number of carbonyl (C=O) groups is 1. The average Bonchev–Trinajstić information content (AvgIpc) is 2.66. The number of guanidine groups is 1. The van der Waals surface area contributed by atoms with E-state index in [4.69, 9.17) is 0 Å². The standard InChI is InChI=1S/C21H37N5O/c1-6-7-14-22-21(24-16-20(27)25(3)4)23-15-13-18(2)26(5)17-19-11-9-8-10-12-19/h8-12,18H,6-7,13-17H2,1-5H3,(H2,22,23,24). The molecule has 0 fully saturated rings. The Morgan fingerprint density at radius 1 is 1.11 bits per heavy atom. The summed E-state index contributed by atoms with van der Waals surface area (Å²) in [6.45, 7) is 7.18. The molecule has 1 aromatic rings. The van der Waals surface area contributed by atoms with Gasteiger partial charge in [0.25, 0.3) is 0 Å². The Morgan fingerprint density at radius 3 is 2.41 bits per heavy atom. The Balaban J connectivity index is 2.45. The second-order valence-corrected chi connectivity index (χ2v) is 7.20. The summed E-state index contributed by atoms with van der Waals surface area (Å²) in [6.07, 6.45) is 3.20. The monoisotopic (exact) mass is 375 g/mol. The fourth-order valence-electron chi connectivity index (χ4n) is 2.49. The number of unbranched alkanes of at least 4 members (excludes halogenated alkanes) is 1. The molecule has 0 radical (unpaired) electrons. The van der Waals surface area contributed by atoms with Gasteiger partial charge in [-0.25, -0.2) is 4.99 Å². The van der Waals surface area contributed by atoms with Crippen molar-refractivity contribution in [2.75, 3.05) is 40.8 Å². The number of nitrogens with zero attached hydrogens (tertiary/aromatic N) is 3. The number of amides is 1. The summed E-state index contributed by atoms with van der Waals surface area (Å²) in [6, 6.07) is 11.0. The summed E-state index contributed by atoms with van der Waals surface area (Å²) >= 11 is 0. The van der Waals surface area contributed by atoms with Gasteiger partial charge in [0, 0.05) is 39.8 Å². The van der Waals surface area contributed by atoms with E-state index >= 15 is 0 Å². The summed E-state index contributed by atoms with van der Waals surface area (Å²) in [7, 11) is 5.65. The van der Waals surface area contributed by atoms with E-state index in [0.717, 1.165) is 44.9 Å². The van der Waals surface area contributed by atoms with Crippen molar-refractivity contribution in [2.45, 2.75) is 45.7 Å². The fourth-order valence-corrected chi connectivity index (χ4v) is 2.49. The molecule has 1 atom stereocenters. The van der Waals surface area contributed by atoms with Gasteiger partial charge in [0.1, 0.15) is 6.54 Å². The third-order valence-electron chi connectivity index (χ3n) is 4.58. The smallest absolute Gasteiger partial charge is 0.243 e. The van der Waals surface area contributed by atoms with Crippen LogP contribution in [0.5, 0.6) is 0 Å². The molecule has 0 heterocycles. The van der Waals surface area contributed by atoms with E-state index in [1.54, 1.807) is 19.0 Å². The lowest BCUT2D eigenvalue weighted by Gasteiger charge is -2.25. The summed E-state index contributed by atoms with van der Waals surface area (Å²) in [5.74, 6) is 0.721. The molecule has 27 heavy (non-hydrogen) atoms. The average molecular weight is 376 g/mol. The Bertz CT molecular complexity index is 559. The first kappa shape index (κ1) is 23.0. The molecule has 0 aliphatic heterocycles. The molecule has 1 amide bonds. The molecule has 1 rings (SSSR count). The van der Waals surface area contributed by atoms with E-state index in [9.17, 15) is 4.79 Å². The van der Waals surface area contributed by atoms with Crippen molar-refractivity contribution in [1.82, 2.24) is 20.4 Å². The molecule has 0 saturated carbocycles. The molecule has 0 spiro atoms. The topological polar surface area (TPSA) is 60.0 Å². The summed E-state index contributed by atoms with van der Waals surface area (Å²) in [4.78, 5) is 20.1. The molecule has 0 aromatic heterocycles. The molecule has 152 valence electrons. The SMILES string of the molecule is CCCCNC(=NCC(=O)N(C)C)NCCC(C)N(C)Cc1ccccc1. The minimum Gasteiger partial charge on any atom is -0.356 e. The molecule has 6 heteroatoms. The van der Waals surface area contributed by atoms with Crippen LogP contribution in [-0.2, 0) is 11.3 Å². The van der Waals surface area contributed by atoms with Crippen molar-refractivity contribution in [1.29, 1.82) is 0 Å². The van der Waals surface area contributed by atoms with E-state index < -0.39 is 0 Å². The van der Waals surface area contributed by atoms with Gasteiger partial charge in [0.05, 0.1) is 0 Å². The number of likely N-dealkylation sites (N-methyl/N-ethyl adjacent to an activating group) is 1. The van der Waals surface area contributed by atoms with Crippen molar-refractivity contribution in [2.24, 2.45) is 4.99 Å². The van der Waals surface area contributed by atoms with E-state index in [1.807, 2.05) is 6.07 Å². The zero-order valence-electron chi connectivity index (χ0n) is 17.7. The van der Waals surface area contributed by atoms with Crippen LogP contribution in [0.2, 0.25) is 0 Å². The predicted molar refractivity (Wildman–Crippen MR) is 114 cm³/mol. The van der Waals surface area contributed by atoms with Gasteiger partial charge in [-0.05, 0) is 32.4 Å². The normalized spacial score (nSPS) is 12.7.